The number of benzene rings is 2. The molecule has 0 saturated heterocycles. The first-order valence-corrected chi connectivity index (χ1v) is 7.61. The molecule has 0 fully saturated rings. The van der Waals surface area contributed by atoms with Crippen LogP contribution in [0, 0.1) is 5.82 Å². The van der Waals surface area contributed by atoms with E-state index < -0.39 is 5.82 Å². The third-order valence-electron chi connectivity index (χ3n) is 3.15. The number of rotatable bonds is 4. The lowest BCUT2D eigenvalue weighted by Crippen LogP contribution is -2.13. The van der Waals surface area contributed by atoms with Gasteiger partial charge in [0.15, 0.2) is 0 Å². The zero-order valence-corrected chi connectivity index (χ0v) is 13.7. The first-order chi connectivity index (χ1) is 9.83. The van der Waals surface area contributed by atoms with Crippen LogP contribution in [0.25, 0.3) is 0 Å². The van der Waals surface area contributed by atoms with Gasteiger partial charge in [0, 0.05) is 20.2 Å². The van der Waals surface area contributed by atoms with Gasteiger partial charge in [-0.05, 0) is 50.2 Å². The predicted octanol–water partition coefficient (Wildman–Crippen LogP) is 5.10. The van der Waals surface area contributed by atoms with E-state index in [0.29, 0.717) is 5.02 Å². The number of ether oxygens (including phenoxy) is 1. The van der Waals surface area contributed by atoms with Gasteiger partial charge in [-0.1, -0.05) is 11.6 Å². The molecule has 21 heavy (non-hydrogen) atoms. The Morgan fingerprint density at radius 1 is 1.19 bits per heavy atom. The van der Waals surface area contributed by atoms with Gasteiger partial charge < -0.3 is 10.5 Å². The number of methoxy groups -OCH3 is 1. The topological polar surface area (TPSA) is 35.2 Å². The second-order valence-electron chi connectivity index (χ2n) is 5.14. The summed E-state index contributed by atoms with van der Waals surface area (Å²) in [6, 6.07) is 10.3. The SMILES string of the molecule is COc1ccc(Cl)cc1C(C)(C)Sc1ccc(F)c(N)c1. The molecule has 0 heterocycles. The van der Waals surface area contributed by atoms with Crippen molar-refractivity contribution in [1.82, 2.24) is 0 Å². The number of thioether (sulfide) groups is 1. The maximum Gasteiger partial charge on any atom is 0.146 e. The lowest BCUT2D eigenvalue weighted by atomic mass is 10.0. The van der Waals surface area contributed by atoms with E-state index in [1.807, 2.05) is 12.1 Å². The molecule has 2 nitrogen and oxygen atoms in total. The number of anilines is 1. The minimum absolute atomic E-state index is 0.147. The average Bonchev–Trinajstić information content (AvgIpc) is 2.42. The molecule has 2 aromatic rings. The van der Waals surface area contributed by atoms with Crippen LogP contribution in [0.3, 0.4) is 0 Å². The van der Waals surface area contributed by atoms with E-state index in [0.717, 1.165) is 16.2 Å². The molecule has 0 unspecified atom stereocenters. The lowest BCUT2D eigenvalue weighted by Gasteiger charge is -2.27. The standard InChI is InChI=1S/C16H17ClFNOS/c1-16(2,12-8-10(17)4-7-15(12)20-3)21-11-5-6-13(18)14(19)9-11/h4-9H,19H2,1-3H3. The average molecular weight is 326 g/mol. The summed E-state index contributed by atoms with van der Waals surface area (Å²) in [7, 11) is 1.63. The Hall–Kier alpha value is -1.39. The summed E-state index contributed by atoms with van der Waals surface area (Å²) in [5.41, 5.74) is 6.75. The third kappa shape index (κ3) is 3.63. The maximum atomic E-state index is 13.3. The van der Waals surface area contributed by atoms with Gasteiger partial charge in [0.25, 0.3) is 0 Å². The van der Waals surface area contributed by atoms with Crippen molar-refractivity contribution in [2.24, 2.45) is 0 Å². The van der Waals surface area contributed by atoms with Crippen molar-refractivity contribution in [3.05, 3.63) is 52.8 Å². The molecule has 5 heteroatoms. The summed E-state index contributed by atoms with van der Waals surface area (Å²) in [5.74, 6) is 0.365. The molecule has 0 amide bonds. The van der Waals surface area contributed by atoms with Gasteiger partial charge in [-0.15, -0.1) is 11.8 Å². The van der Waals surface area contributed by atoms with Crippen LogP contribution in [-0.2, 0) is 4.75 Å². The number of hydrogen-bond acceptors (Lipinski definition) is 3. The molecule has 2 rings (SSSR count). The number of halogens is 2. The Morgan fingerprint density at radius 2 is 1.90 bits per heavy atom. The smallest absolute Gasteiger partial charge is 0.146 e. The molecule has 0 saturated carbocycles. The van der Waals surface area contributed by atoms with Crippen molar-refractivity contribution in [2.45, 2.75) is 23.5 Å². The summed E-state index contributed by atoms with van der Waals surface area (Å²) in [4.78, 5) is 0.890. The Labute approximate surface area is 133 Å². The summed E-state index contributed by atoms with van der Waals surface area (Å²) in [5, 5.41) is 0.651. The second-order valence-corrected chi connectivity index (χ2v) is 7.27. The molecule has 0 radical (unpaired) electrons. The lowest BCUT2D eigenvalue weighted by molar-refractivity contribution is 0.405. The van der Waals surface area contributed by atoms with Crippen LogP contribution in [0.2, 0.25) is 5.02 Å². The largest absolute Gasteiger partial charge is 0.496 e. The molecule has 0 spiro atoms. The van der Waals surface area contributed by atoms with Crippen LogP contribution in [0.1, 0.15) is 19.4 Å². The van der Waals surface area contributed by atoms with Gasteiger partial charge in [-0.25, -0.2) is 4.39 Å². The van der Waals surface area contributed by atoms with Gasteiger partial charge in [0.2, 0.25) is 0 Å². The van der Waals surface area contributed by atoms with Gasteiger partial charge >= 0.3 is 0 Å². The summed E-state index contributed by atoms with van der Waals surface area (Å²) in [6.07, 6.45) is 0. The Morgan fingerprint density at radius 3 is 2.52 bits per heavy atom. The molecule has 0 bridgehead atoms. The number of nitrogens with two attached hydrogens (primary N) is 1. The normalized spacial score (nSPS) is 11.5. The van der Waals surface area contributed by atoms with Gasteiger partial charge in [-0.2, -0.15) is 0 Å². The van der Waals surface area contributed by atoms with E-state index in [1.165, 1.54) is 6.07 Å². The van der Waals surface area contributed by atoms with E-state index in [1.54, 1.807) is 37.1 Å². The van der Waals surface area contributed by atoms with Gasteiger partial charge in [-0.3, -0.25) is 0 Å². The van der Waals surface area contributed by atoms with Gasteiger partial charge in [0.1, 0.15) is 11.6 Å². The quantitative estimate of drug-likeness (QED) is 0.627. The van der Waals surface area contributed by atoms with Crippen molar-refractivity contribution in [3.8, 4) is 5.75 Å². The molecule has 2 aromatic carbocycles. The number of hydrogen-bond donors (Lipinski definition) is 1. The Balaban J connectivity index is 2.37. The highest BCUT2D eigenvalue weighted by Gasteiger charge is 2.26. The molecule has 112 valence electrons. The fourth-order valence-corrected chi connectivity index (χ4v) is 3.44. The molecular formula is C16H17ClFNOS. The molecular weight excluding hydrogens is 309 g/mol. The zero-order chi connectivity index (χ0) is 15.6. The van der Waals surface area contributed by atoms with Crippen LogP contribution in [0.5, 0.6) is 5.75 Å². The van der Waals surface area contributed by atoms with E-state index in [2.05, 4.69) is 13.8 Å². The highest BCUT2D eigenvalue weighted by atomic mass is 35.5. The van der Waals surface area contributed by atoms with E-state index in [9.17, 15) is 4.39 Å². The monoisotopic (exact) mass is 325 g/mol. The van der Waals surface area contributed by atoms with Crippen molar-refractivity contribution in [1.29, 1.82) is 0 Å². The molecule has 0 aromatic heterocycles. The summed E-state index contributed by atoms with van der Waals surface area (Å²) < 4.78 is 18.4. The zero-order valence-electron chi connectivity index (χ0n) is 12.1. The van der Waals surface area contributed by atoms with Crippen LogP contribution >= 0.6 is 23.4 Å². The minimum Gasteiger partial charge on any atom is -0.496 e. The van der Waals surface area contributed by atoms with E-state index in [4.69, 9.17) is 22.1 Å². The van der Waals surface area contributed by atoms with Crippen molar-refractivity contribution < 1.29 is 9.13 Å². The highest BCUT2D eigenvalue weighted by molar-refractivity contribution is 8.00. The van der Waals surface area contributed by atoms with Gasteiger partial charge in [0.05, 0.1) is 12.8 Å². The summed E-state index contributed by atoms with van der Waals surface area (Å²) in [6.45, 7) is 4.12. The Bertz CT molecular complexity index is 661. The first kappa shape index (κ1) is 16.0. The summed E-state index contributed by atoms with van der Waals surface area (Å²) >= 11 is 7.67. The third-order valence-corrected chi connectivity index (χ3v) is 4.61. The molecule has 0 aliphatic heterocycles. The second kappa shape index (κ2) is 6.16. The molecule has 0 atom stereocenters. The fourth-order valence-electron chi connectivity index (χ4n) is 2.09. The van der Waals surface area contributed by atoms with E-state index in [-0.39, 0.29) is 10.4 Å². The highest BCUT2D eigenvalue weighted by Crippen LogP contribution is 2.45. The maximum absolute atomic E-state index is 13.3. The molecule has 0 aliphatic carbocycles. The van der Waals surface area contributed by atoms with Crippen LogP contribution < -0.4 is 10.5 Å². The molecule has 0 aliphatic rings. The van der Waals surface area contributed by atoms with E-state index >= 15 is 0 Å². The number of nitrogen functional groups attached to an aromatic ring is 1. The Kier molecular flexibility index (Phi) is 4.69. The van der Waals surface area contributed by atoms with Crippen molar-refractivity contribution >= 4 is 29.1 Å². The predicted molar refractivity (Wildman–Crippen MR) is 87.7 cm³/mol. The minimum atomic E-state index is -0.405. The van der Waals surface area contributed by atoms with Crippen LogP contribution in [0.4, 0.5) is 10.1 Å². The van der Waals surface area contributed by atoms with Crippen molar-refractivity contribution in [3.63, 3.8) is 0 Å². The van der Waals surface area contributed by atoms with Crippen LogP contribution in [0.15, 0.2) is 41.3 Å². The first-order valence-electron chi connectivity index (χ1n) is 6.41. The molecule has 2 N–H and O–H groups in total. The van der Waals surface area contributed by atoms with Crippen LogP contribution in [-0.4, -0.2) is 7.11 Å². The van der Waals surface area contributed by atoms with Crippen molar-refractivity contribution in [2.75, 3.05) is 12.8 Å². The fraction of sp³-hybridized carbons (Fsp3) is 0.250.